The van der Waals surface area contributed by atoms with Gasteiger partial charge in [-0.3, -0.25) is 13.8 Å². The molecular formula is C45H87N2O7P. The number of amides is 1. The SMILES string of the molecule is CCCCCCCCCCCCC/C=C/CC/C=C/CC/C=C/C(O)C(COP(=O)(O)OCCN)NC(=O)CC(O)CCCCCCCCCCCCCC. The summed E-state index contributed by atoms with van der Waals surface area (Å²) in [6.45, 7) is 3.94. The lowest BCUT2D eigenvalue weighted by atomic mass is 10.0. The van der Waals surface area contributed by atoms with Crippen molar-refractivity contribution < 1.29 is 33.5 Å². The van der Waals surface area contributed by atoms with Crippen molar-refractivity contribution in [3.8, 4) is 0 Å². The molecule has 6 N–H and O–H groups in total. The topological polar surface area (TPSA) is 151 Å². The summed E-state index contributed by atoms with van der Waals surface area (Å²) < 4.78 is 22.1. The number of carbonyl (C=O) groups excluding carboxylic acids is 1. The minimum Gasteiger partial charge on any atom is -0.393 e. The lowest BCUT2D eigenvalue weighted by Gasteiger charge is -2.24. The average Bonchev–Trinajstić information content (AvgIpc) is 3.16. The van der Waals surface area contributed by atoms with Gasteiger partial charge in [-0.1, -0.05) is 192 Å². The number of phosphoric acid groups is 1. The minimum absolute atomic E-state index is 0.0428. The molecule has 324 valence electrons. The molecule has 4 unspecified atom stereocenters. The molecule has 0 radical (unpaired) electrons. The summed E-state index contributed by atoms with van der Waals surface area (Å²) in [5, 5.41) is 24.0. The summed E-state index contributed by atoms with van der Waals surface area (Å²) in [5.41, 5.74) is 5.36. The maximum Gasteiger partial charge on any atom is 0.472 e. The van der Waals surface area contributed by atoms with E-state index in [0.29, 0.717) is 12.8 Å². The van der Waals surface area contributed by atoms with E-state index < -0.39 is 38.6 Å². The molecule has 0 aromatic heterocycles. The molecule has 0 bridgehead atoms. The van der Waals surface area contributed by atoms with Crippen molar-refractivity contribution in [1.29, 1.82) is 0 Å². The number of phosphoric ester groups is 1. The molecule has 4 atom stereocenters. The Hall–Kier alpha value is -1.32. The molecule has 0 saturated carbocycles. The Morgan fingerprint density at radius 2 is 1.04 bits per heavy atom. The van der Waals surface area contributed by atoms with Crippen molar-refractivity contribution in [2.75, 3.05) is 19.8 Å². The third kappa shape index (κ3) is 39.3. The predicted octanol–water partition coefficient (Wildman–Crippen LogP) is 11.7. The second-order valence-corrected chi connectivity index (χ2v) is 16.9. The van der Waals surface area contributed by atoms with Crippen LogP contribution < -0.4 is 11.1 Å². The van der Waals surface area contributed by atoms with Crippen molar-refractivity contribution in [3.63, 3.8) is 0 Å². The van der Waals surface area contributed by atoms with Gasteiger partial charge in [0.15, 0.2) is 0 Å². The average molecular weight is 799 g/mol. The van der Waals surface area contributed by atoms with Crippen molar-refractivity contribution in [3.05, 3.63) is 36.5 Å². The van der Waals surface area contributed by atoms with Crippen LogP contribution in [0.15, 0.2) is 36.5 Å². The van der Waals surface area contributed by atoms with Crippen LogP contribution in [0.3, 0.4) is 0 Å². The number of rotatable bonds is 42. The van der Waals surface area contributed by atoms with E-state index in [2.05, 4.69) is 43.5 Å². The van der Waals surface area contributed by atoms with E-state index in [-0.39, 0.29) is 19.6 Å². The van der Waals surface area contributed by atoms with Gasteiger partial charge in [-0.2, -0.15) is 0 Å². The Morgan fingerprint density at radius 1 is 0.618 bits per heavy atom. The first-order valence-electron chi connectivity index (χ1n) is 22.7. The van der Waals surface area contributed by atoms with Gasteiger partial charge >= 0.3 is 7.82 Å². The Kier molecular flexibility index (Phi) is 39.9. The van der Waals surface area contributed by atoms with Crippen LogP contribution in [-0.2, 0) is 18.4 Å². The molecule has 55 heavy (non-hydrogen) atoms. The number of allylic oxidation sites excluding steroid dienone is 5. The van der Waals surface area contributed by atoms with Crippen LogP contribution >= 0.6 is 7.82 Å². The summed E-state index contributed by atoms with van der Waals surface area (Å²) in [4.78, 5) is 22.7. The maximum absolute atomic E-state index is 12.8. The largest absolute Gasteiger partial charge is 0.472 e. The Morgan fingerprint density at radius 3 is 1.51 bits per heavy atom. The van der Waals surface area contributed by atoms with Crippen LogP contribution in [0.4, 0.5) is 0 Å². The Labute approximate surface area is 338 Å². The predicted molar refractivity (Wildman–Crippen MR) is 232 cm³/mol. The van der Waals surface area contributed by atoms with E-state index >= 15 is 0 Å². The highest BCUT2D eigenvalue weighted by atomic mass is 31.2. The zero-order chi connectivity index (χ0) is 40.5. The van der Waals surface area contributed by atoms with Crippen molar-refractivity contribution in [2.24, 2.45) is 5.73 Å². The highest BCUT2D eigenvalue weighted by Crippen LogP contribution is 2.43. The van der Waals surface area contributed by atoms with Crippen LogP contribution in [0.25, 0.3) is 0 Å². The van der Waals surface area contributed by atoms with Gasteiger partial charge in [-0.05, 0) is 44.9 Å². The van der Waals surface area contributed by atoms with Gasteiger partial charge in [0.05, 0.1) is 37.9 Å². The monoisotopic (exact) mass is 799 g/mol. The molecular weight excluding hydrogens is 711 g/mol. The number of aliphatic hydroxyl groups excluding tert-OH is 2. The molecule has 0 aromatic rings. The van der Waals surface area contributed by atoms with Gasteiger partial charge in [0.1, 0.15) is 0 Å². The molecule has 0 spiro atoms. The summed E-state index contributed by atoms with van der Waals surface area (Å²) in [6.07, 6.45) is 45.2. The van der Waals surface area contributed by atoms with Crippen LogP contribution in [0, 0.1) is 0 Å². The molecule has 9 nitrogen and oxygen atoms in total. The number of carbonyl (C=O) groups is 1. The molecule has 0 aliphatic heterocycles. The molecule has 0 aliphatic carbocycles. The number of hydrogen-bond acceptors (Lipinski definition) is 7. The van der Waals surface area contributed by atoms with Crippen LogP contribution in [0.5, 0.6) is 0 Å². The van der Waals surface area contributed by atoms with Gasteiger partial charge in [0.25, 0.3) is 0 Å². The first kappa shape index (κ1) is 53.7. The lowest BCUT2D eigenvalue weighted by Crippen LogP contribution is -2.46. The number of nitrogens with two attached hydrogens (primary N) is 1. The van der Waals surface area contributed by atoms with E-state index in [1.807, 2.05) is 6.08 Å². The summed E-state index contributed by atoms with van der Waals surface area (Å²) in [6, 6.07) is -1.00. The molecule has 10 heteroatoms. The zero-order valence-electron chi connectivity index (χ0n) is 35.5. The second kappa shape index (κ2) is 40.9. The summed E-state index contributed by atoms with van der Waals surface area (Å²) in [5.74, 6) is -0.459. The quantitative estimate of drug-likeness (QED) is 0.0233. The first-order valence-corrected chi connectivity index (χ1v) is 24.2. The van der Waals surface area contributed by atoms with Crippen molar-refractivity contribution in [1.82, 2.24) is 5.32 Å². The van der Waals surface area contributed by atoms with E-state index in [1.54, 1.807) is 6.08 Å². The number of nitrogens with one attached hydrogen (secondary N) is 1. The van der Waals surface area contributed by atoms with E-state index in [9.17, 15) is 24.5 Å². The highest BCUT2D eigenvalue weighted by Gasteiger charge is 2.27. The third-order valence-corrected chi connectivity index (χ3v) is 11.0. The molecule has 1 amide bonds. The number of hydrogen-bond donors (Lipinski definition) is 5. The fraction of sp³-hybridized carbons (Fsp3) is 0.844. The lowest BCUT2D eigenvalue weighted by molar-refractivity contribution is -0.124. The molecule has 0 fully saturated rings. The summed E-state index contributed by atoms with van der Waals surface area (Å²) >= 11 is 0. The highest BCUT2D eigenvalue weighted by molar-refractivity contribution is 7.47. The van der Waals surface area contributed by atoms with Gasteiger partial charge < -0.3 is 26.2 Å². The molecule has 0 saturated heterocycles. The van der Waals surface area contributed by atoms with Crippen LogP contribution in [0.2, 0.25) is 0 Å². The summed E-state index contributed by atoms with van der Waals surface area (Å²) in [7, 11) is -4.41. The van der Waals surface area contributed by atoms with E-state index in [1.165, 1.54) is 128 Å². The smallest absolute Gasteiger partial charge is 0.393 e. The number of aliphatic hydroxyl groups is 2. The normalized spacial score (nSPS) is 14.9. The minimum atomic E-state index is -4.41. The first-order chi connectivity index (χ1) is 26.8. The van der Waals surface area contributed by atoms with Gasteiger partial charge in [-0.15, -0.1) is 0 Å². The van der Waals surface area contributed by atoms with Gasteiger partial charge in [0, 0.05) is 6.54 Å². The van der Waals surface area contributed by atoms with Gasteiger partial charge in [0.2, 0.25) is 5.91 Å². The second-order valence-electron chi connectivity index (χ2n) is 15.4. The zero-order valence-corrected chi connectivity index (χ0v) is 36.4. The Bertz CT molecular complexity index is 977. The van der Waals surface area contributed by atoms with E-state index in [0.717, 1.165) is 44.9 Å². The van der Waals surface area contributed by atoms with Crippen molar-refractivity contribution in [2.45, 2.75) is 225 Å². The number of unbranched alkanes of at least 4 members (excludes halogenated alkanes) is 24. The molecule has 0 heterocycles. The van der Waals surface area contributed by atoms with Gasteiger partial charge in [-0.25, -0.2) is 4.57 Å². The fourth-order valence-electron chi connectivity index (χ4n) is 6.56. The molecule has 0 rings (SSSR count). The molecule has 0 aliphatic rings. The standard InChI is InChI=1S/C45H87N2O7P/c1-3-5-7-9-11-13-15-17-18-19-20-21-22-23-24-25-27-29-31-33-35-37-44(49)43(41-54-55(51,52)53-39-38-46)47-45(50)40-42(48)36-34-32-30-28-26-16-14-12-10-8-6-4-2/h22-23,27,29,35,37,42-44,48-49H,3-21,24-26,28,30-34,36,38-41,46H2,1-2H3,(H,47,50)(H,51,52)/b23-22+,29-27+,37-35+. The third-order valence-electron chi connectivity index (χ3n) is 10.0. The van der Waals surface area contributed by atoms with E-state index in [4.69, 9.17) is 14.8 Å². The fourth-order valence-corrected chi connectivity index (χ4v) is 7.32. The van der Waals surface area contributed by atoms with Crippen LogP contribution in [0.1, 0.15) is 206 Å². The van der Waals surface area contributed by atoms with Crippen LogP contribution in [-0.4, -0.2) is 59.0 Å². The van der Waals surface area contributed by atoms with Crippen molar-refractivity contribution >= 4 is 13.7 Å². The molecule has 0 aromatic carbocycles. The maximum atomic E-state index is 12.8. The Balaban J connectivity index is 4.36.